The number of aromatic nitrogens is 2. The second kappa shape index (κ2) is 5.09. The molecular weight excluding hydrogens is 218 g/mol. The van der Waals surface area contributed by atoms with Gasteiger partial charge in [0.2, 0.25) is 0 Å². The van der Waals surface area contributed by atoms with Gasteiger partial charge >= 0.3 is 0 Å². The third kappa shape index (κ3) is 3.13. The van der Waals surface area contributed by atoms with Gasteiger partial charge in [-0.1, -0.05) is 0 Å². The molecule has 6 nitrogen and oxygen atoms in total. The molecule has 0 aromatic carbocycles. The normalized spacial score (nSPS) is 17.9. The SMILES string of the molecule is CN1CCC(Nc2ccc(C(N)=O)nn2)CC1. The van der Waals surface area contributed by atoms with Crippen LogP contribution in [0.5, 0.6) is 0 Å². The zero-order valence-corrected chi connectivity index (χ0v) is 9.89. The average molecular weight is 235 g/mol. The predicted octanol–water partition coefficient (Wildman–Crippen LogP) is 0.0816. The smallest absolute Gasteiger partial charge is 0.269 e. The van der Waals surface area contributed by atoms with Crippen molar-refractivity contribution in [3.05, 3.63) is 17.8 Å². The fourth-order valence-electron chi connectivity index (χ4n) is 1.90. The third-order valence-electron chi connectivity index (χ3n) is 2.99. The van der Waals surface area contributed by atoms with Crippen LogP contribution in [0.25, 0.3) is 0 Å². The summed E-state index contributed by atoms with van der Waals surface area (Å²) in [6.45, 7) is 2.18. The Morgan fingerprint density at radius 3 is 2.65 bits per heavy atom. The minimum Gasteiger partial charge on any atom is -0.366 e. The minimum atomic E-state index is -0.552. The van der Waals surface area contributed by atoms with Crippen molar-refractivity contribution >= 4 is 11.7 Å². The first-order valence-electron chi connectivity index (χ1n) is 5.74. The lowest BCUT2D eigenvalue weighted by Gasteiger charge is -2.29. The number of rotatable bonds is 3. The zero-order valence-electron chi connectivity index (χ0n) is 9.89. The summed E-state index contributed by atoms with van der Waals surface area (Å²) in [5.74, 6) is 0.146. The summed E-state index contributed by atoms with van der Waals surface area (Å²) in [6.07, 6.45) is 2.19. The molecule has 1 aliphatic rings. The molecule has 0 spiro atoms. The van der Waals surface area contributed by atoms with Crippen LogP contribution < -0.4 is 11.1 Å². The highest BCUT2D eigenvalue weighted by atomic mass is 16.1. The van der Waals surface area contributed by atoms with Crippen LogP contribution in [0.2, 0.25) is 0 Å². The Balaban J connectivity index is 1.92. The van der Waals surface area contributed by atoms with Crippen molar-refractivity contribution in [3.63, 3.8) is 0 Å². The quantitative estimate of drug-likeness (QED) is 0.775. The Labute approximate surface area is 100 Å². The standard InChI is InChI=1S/C11H17N5O/c1-16-6-4-8(5-7-16)13-10-3-2-9(11(12)17)14-15-10/h2-3,8H,4-7H2,1H3,(H2,12,17)(H,13,15). The molecule has 3 N–H and O–H groups in total. The highest BCUT2D eigenvalue weighted by molar-refractivity contribution is 5.90. The Morgan fingerprint density at radius 2 is 2.12 bits per heavy atom. The van der Waals surface area contributed by atoms with E-state index in [0.29, 0.717) is 11.9 Å². The lowest BCUT2D eigenvalue weighted by molar-refractivity contribution is 0.0994. The number of primary amides is 1. The summed E-state index contributed by atoms with van der Waals surface area (Å²) in [6, 6.07) is 3.76. The van der Waals surface area contributed by atoms with Gasteiger partial charge in [-0.25, -0.2) is 0 Å². The van der Waals surface area contributed by atoms with E-state index < -0.39 is 5.91 Å². The molecule has 0 atom stereocenters. The Bertz CT molecular complexity index is 383. The lowest BCUT2D eigenvalue weighted by Crippen LogP contribution is -2.36. The number of nitrogens with two attached hydrogens (primary N) is 1. The number of carbonyl (C=O) groups is 1. The van der Waals surface area contributed by atoms with Gasteiger partial charge < -0.3 is 16.0 Å². The fourth-order valence-corrected chi connectivity index (χ4v) is 1.90. The van der Waals surface area contributed by atoms with E-state index in [2.05, 4.69) is 27.5 Å². The molecule has 1 fully saturated rings. The monoisotopic (exact) mass is 235 g/mol. The van der Waals surface area contributed by atoms with E-state index in [1.54, 1.807) is 12.1 Å². The van der Waals surface area contributed by atoms with Gasteiger partial charge in [0.25, 0.3) is 5.91 Å². The van der Waals surface area contributed by atoms with E-state index in [1.165, 1.54) is 0 Å². The van der Waals surface area contributed by atoms with Crippen LogP contribution in [0.3, 0.4) is 0 Å². The molecule has 0 unspecified atom stereocenters. The Morgan fingerprint density at radius 1 is 1.41 bits per heavy atom. The van der Waals surface area contributed by atoms with Crippen LogP contribution in [0, 0.1) is 0 Å². The summed E-state index contributed by atoms with van der Waals surface area (Å²) in [7, 11) is 2.12. The van der Waals surface area contributed by atoms with Crippen molar-refractivity contribution in [2.24, 2.45) is 5.73 Å². The maximum atomic E-state index is 10.8. The topological polar surface area (TPSA) is 84.1 Å². The third-order valence-corrected chi connectivity index (χ3v) is 2.99. The number of likely N-dealkylation sites (tertiary alicyclic amines) is 1. The van der Waals surface area contributed by atoms with Crippen LogP contribution in [-0.4, -0.2) is 47.2 Å². The van der Waals surface area contributed by atoms with Crippen molar-refractivity contribution in [1.29, 1.82) is 0 Å². The lowest BCUT2D eigenvalue weighted by atomic mass is 10.1. The molecule has 17 heavy (non-hydrogen) atoms. The van der Waals surface area contributed by atoms with Crippen molar-refractivity contribution in [3.8, 4) is 0 Å². The highest BCUT2D eigenvalue weighted by Crippen LogP contribution is 2.13. The van der Waals surface area contributed by atoms with Crippen LogP contribution in [0.1, 0.15) is 23.3 Å². The van der Waals surface area contributed by atoms with Crippen molar-refractivity contribution < 1.29 is 4.79 Å². The van der Waals surface area contributed by atoms with Gasteiger partial charge in [0.15, 0.2) is 5.69 Å². The molecule has 2 heterocycles. The molecule has 1 aromatic heterocycles. The van der Waals surface area contributed by atoms with Gasteiger partial charge in [-0.3, -0.25) is 4.79 Å². The van der Waals surface area contributed by atoms with Crippen LogP contribution in [-0.2, 0) is 0 Å². The van der Waals surface area contributed by atoms with Crippen molar-refractivity contribution in [2.45, 2.75) is 18.9 Å². The number of hydrogen-bond donors (Lipinski definition) is 2. The van der Waals surface area contributed by atoms with Crippen molar-refractivity contribution in [2.75, 3.05) is 25.5 Å². The maximum Gasteiger partial charge on any atom is 0.269 e. The number of piperidine rings is 1. The molecule has 0 bridgehead atoms. The molecule has 1 amide bonds. The van der Waals surface area contributed by atoms with E-state index >= 15 is 0 Å². The fraction of sp³-hybridized carbons (Fsp3) is 0.545. The molecule has 1 saturated heterocycles. The van der Waals surface area contributed by atoms with Crippen LogP contribution in [0.15, 0.2) is 12.1 Å². The second-order valence-corrected chi connectivity index (χ2v) is 4.39. The Hall–Kier alpha value is -1.69. The van der Waals surface area contributed by atoms with E-state index in [9.17, 15) is 4.79 Å². The number of hydrogen-bond acceptors (Lipinski definition) is 5. The molecule has 1 aliphatic heterocycles. The number of nitrogens with zero attached hydrogens (tertiary/aromatic N) is 3. The average Bonchev–Trinajstić information content (AvgIpc) is 2.33. The van der Waals surface area contributed by atoms with Gasteiger partial charge in [-0.2, -0.15) is 0 Å². The van der Waals surface area contributed by atoms with Gasteiger partial charge in [-0.15, -0.1) is 10.2 Å². The minimum absolute atomic E-state index is 0.193. The number of amides is 1. The van der Waals surface area contributed by atoms with Crippen LogP contribution in [0.4, 0.5) is 5.82 Å². The summed E-state index contributed by atoms with van der Waals surface area (Å²) in [5, 5.41) is 11.0. The van der Waals surface area contributed by atoms with Gasteiger partial charge in [0.1, 0.15) is 5.82 Å². The van der Waals surface area contributed by atoms with E-state index in [1.807, 2.05) is 0 Å². The maximum absolute atomic E-state index is 10.8. The highest BCUT2D eigenvalue weighted by Gasteiger charge is 2.16. The van der Waals surface area contributed by atoms with E-state index in [-0.39, 0.29) is 5.69 Å². The summed E-state index contributed by atoms with van der Waals surface area (Å²) in [4.78, 5) is 13.1. The van der Waals surface area contributed by atoms with Crippen molar-refractivity contribution in [1.82, 2.24) is 15.1 Å². The number of carbonyl (C=O) groups excluding carboxylic acids is 1. The van der Waals surface area contributed by atoms with Gasteiger partial charge in [-0.05, 0) is 45.1 Å². The Kier molecular flexibility index (Phi) is 3.53. The predicted molar refractivity (Wildman–Crippen MR) is 64.7 cm³/mol. The van der Waals surface area contributed by atoms with Gasteiger partial charge in [0.05, 0.1) is 0 Å². The zero-order chi connectivity index (χ0) is 12.3. The molecular formula is C11H17N5O. The molecule has 0 saturated carbocycles. The molecule has 6 heteroatoms. The first-order valence-corrected chi connectivity index (χ1v) is 5.74. The first-order chi connectivity index (χ1) is 8.15. The number of nitrogens with one attached hydrogen (secondary N) is 1. The summed E-state index contributed by atoms with van der Waals surface area (Å²) >= 11 is 0. The molecule has 0 aliphatic carbocycles. The molecule has 0 radical (unpaired) electrons. The van der Waals surface area contributed by atoms with Gasteiger partial charge in [0, 0.05) is 6.04 Å². The van der Waals surface area contributed by atoms with E-state index in [0.717, 1.165) is 25.9 Å². The molecule has 92 valence electrons. The molecule has 1 aromatic rings. The van der Waals surface area contributed by atoms with Crippen LogP contribution >= 0.6 is 0 Å². The van der Waals surface area contributed by atoms with E-state index in [4.69, 9.17) is 5.73 Å². The largest absolute Gasteiger partial charge is 0.366 e. The number of anilines is 1. The summed E-state index contributed by atoms with van der Waals surface area (Å²) < 4.78 is 0. The first kappa shape index (κ1) is 11.8. The summed E-state index contributed by atoms with van der Waals surface area (Å²) in [5.41, 5.74) is 5.29. The molecule has 2 rings (SSSR count). The second-order valence-electron chi connectivity index (χ2n) is 4.39.